The molecular formula is C52H52F2N8O7. The number of benzene rings is 4. The van der Waals surface area contributed by atoms with Gasteiger partial charge in [0.1, 0.15) is 23.7 Å². The van der Waals surface area contributed by atoms with Crippen molar-refractivity contribution < 1.29 is 42.2 Å². The first kappa shape index (κ1) is 44.4. The number of alkyl carbamates (subject to hydrolysis) is 2. The Morgan fingerprint density at radius 1 is 0.783 bits per heavy atom. The highest BCUT2D eigenvalue weighted by molar-refractivity contribution is 5.90. The standard InChI is InChI=1S/C52H52F2N8O7/c1-67-50(65)59-43(28-7-4-3-5-8-28)48(63)61-20-6-9-42(61)46-55-27-41(58-46)32-12-16-36-35-15-11-30(24-37(35)52(53,54)38(36)25-32)31-13-17-39-40(26-31)57-47(56-39)45-33-10-14-34(23-33)62(45)49(64)44(60-51(66)68-2)29-18-21-69-22-19-29/h3-5,7-8,11-13,15-17,24-27,29,33-34,42-45H,6,9-10,14,18-23H2,1-2H3,(H,55,58)(H,56,57)(H,59,65)(H,60,66)/t33-,34?,42?,43+,44-,45-/m0/s1. The quantitative estimate of drug-likeness (QED) is 0.104. The van der Waals surface area contributed by atoms with Crippen molar-refractivity contribution >= 4 is 35.0 Å². The number of rotatable bonds is 10. The second kappa shape index (κ2) is 17.7. The van der Waals surface area contributed by atoms with E-state index in [0.29, 0.717) is 96.1 Å². The number of hydrogen-bond acceptors (Lipinski definition) is 9. The number of hydrogen-bond donors (Lipinski definition) is 4. The number of likely N-dealkylation sites (tertiary alicyclic amines) is 2. The van der Waals surface area contributed by atoms with Gasteiger partial charge in [-0.25, -0.2) is 19.6 Å². The normalized spacial score (nSPS) is 22.3. The lowest BCUT2D eigenvalue weighted by molar-refractivity contribution is -0.140. The van der Waals surface area contributed by atoms with Crippen LogP contribution in [0.5, 0.6) is 0 Å². The number of halogens is 2. The minimum Gasteiger partial charge on any atom is -0.453 e. The van der Waals surface area contributed by atoms with Crippen molar-refractivity contribution in [2.45, 2.75) is 81.1 Å². The van der Waals surface area contributed by atoms with Crippen molar-refractivity contribution in [3.63, 3.8) is 0 Å². The van der Waals surface area contributed by atoms with Crippen LogP contribution in [0.4, 0.5) is 18.4 Å². The third-order valence-corrected chi connectivity index (χ3v) is 15.0. The first-order valence-electron chi connectivity index (χ1n) is 23.7. The highest BCUT2D eigenvalue weighted by atomic mass is 19.3. The number of aromatic amines is 2. The topological polar surface area (TPSA) is 184 Å². The fourth-order valence-electron chi connectivity index (χ4n) is 11.6. The predicted octanol–water partition coefficient (Wildman–Crippen LogP) is 8.70. The van der Waals surface area contributed by atoms with E-state index in [0.717, 1.165) is 30.3 Å². The van der Waals surface area contributed by atoms with Gasteiger partial charge in [0.05, 0.1) is 49.2 Å². The van der Waals surface area contributed by atoms with Gasteiger partial charge in [0.2, 0.25) is 5.91 Å². The Kier molecular flexibility index (Phi) is 11.4. The molecule has 2 bridgehead atoms. The molecule has 0 radical (unpaired) electrons. The first-order chi connectivity index (χ1) is 33.5. The van der Waals surface area contributed by atoms with E-state index >= 15 is 8.78 Å². The van der Waals surface area contributed by atoms with Crippen LogP contribution in [0.25, 0.3) is 44.5 Å². The predicted molar refractivity (Wildman–Crippen MR) is 250 cm³/mol. The van der Waals surface area contributed by atoms with E-state index in [9.17, 15) is 19.2 Å². The minimum absolute atomic E-state index is 0.0289. The summed E-state index contributed by atoms with van der Waals surface area (Å²) in [7, 11) is 2.54. The number of fused-ring (bicyclic) bond motifs is 6. The maximum absolute atomic E-state index is 16.7. The fourth-order valence-corrected chi connectivity index (χ4v) is 11.6. The number of ether oxygens (including phenoxy) is 3. The Hall–Kier alpha value is -7.14. The molecule has 3 aliphatic heterocycles. The van der Waals surface area contributed by atoms with E-state index in [2.05, 4.69) is 25.6 Å². The highest BCUT2D eigenvalue weighted by Crippen LogP contribution is 2.53. The van der Waals surface area contributed by atoms with Crippen molar-refractivity contribution in [3.8, 4) is 33.5 Å². The van der Waals surface area contributed by atoms with E-state index in [-0.39, 0.29) is 46.9 Å². The van der Waals surface area contributed by atoms with E-state index in [1.165, 1.54) is 20.3 Å². The van der Waals surface area contributed by atoms with Gasteiger partial charge in [-0.15, -0.1) is 0 Å². The van der Waals surface area contributed by atoms with Crippen LogP contribution >= 0.6 is 0 Å². The number of aromatic nitrogens is 4. The van der Waals surface area contributed by atoms with Gasteiger partial charge in [0, 0.05) is 42.5 Å². The second-order valence-electron chi connectivity index (χ2n) is 18.8. The molecule has 6 aromatic rings. The number of carbonyl (C=O) groups excluding carboxylic acids is 4. The number of nitrogens with zero attached hydrogens (tertiary/aromatic N) is 4. The zero-order chi connectivity index (χ0) is 47.6. The Labute approximate surface area is 396 Å². The van der Waals surface area contributed by atoms with Gasteiger partial charge in [-0.3, -0.25) is 9.59 Å². The average Bonchev–Trinajstić information content (AvgIpc) is 4.26. The number of amides is 4. The third-order valence-electron chi connectivity index (χ3n) is 15.0. The number of H-pyrrole nitrogens is 2. The number of methoxy groups -OCH3 is 2. The molecular weight excluding hydrogens is 887 g/mol. The lowest BCUT2D eigenvalue weighted by Crippen LogP contribution is -2.55. The minimum atomic E-state index is -3.30. The molecule has 69 heavy (non-hydrogen) atoms. The molecule has 1 saturated carbocycles. The summed E-state index contributed by atoms with van der Waals surface area (Å²) in [5, 5.41) is 5.52. The van der Waals surface area contributed by atoms with Crippen LogP contribution in [0.1, 0.15) is 91.4 Å². The molecule has 15 nitrogen and oxygen atoms in total. The van der Waals surface area contributed by atoms with Crippen LogP contribution < -0.4 is 10.6 Å². The SMILES string of the molecule is COC(=O)N[C@H](C(=O)N1C2CC[C@@H](C2)[C@H]1c1nc2ccc(-c3ccc4c(c3)C(F)(F)c3cc(-c5cnc(C6CCCN6C(=O)[C@H](NC(=O)OC)c6ccccc6)[nH]5)ccc3-4)cc2[nH]1)C1CCOCC1. The molecule has 356 valence electrons. The van der Waals surface area contributed by atoms with Crippen molar-refractivity contribution in [2.75, 3.05) is 34.0 Å². The molecule has 6 atom stereocenters. The smallest absolute Gasteiger partial charge is 0.407 e. The molecule has 5 aliphatic rings. The molecule has 2 aromatic heterocycles. The van der Waals surface area contributed by atoms with E-state index in [1.807, 2.05) is 35.2 Å². The van der Waals surface area contributed by atoms with Crippen LogP contribution in [-0.2, 0) is 29.7 Å². The van der Waals surface area contributed by atoms with Gasteiger partial charge >= 0.3 is 12.2 Å². The van der Waals surface area contributed by atoms with E-state index in [4.69, 9.17) is 19.2 Å². The zero-order valence-electron chi connectivity index (χ0n) is 38.2. The van der Waals surface area contributed by atoms with E-state index < -0.39 is 36.2 Å². The molecule has 2 unspecified atom stereocenters. The molecule has 4 N–H and O–H groups in total. The van der Waals surface area contributed by atoms with Gasteiger partial charge in [-0.1, -0.05) is 60.7 Å². The van der Waals surface area contributed by atoms with Crippen molar-refractivity contribution in [3.05, 3.63) is 119 Å². The van der Waals surface area contributed by atoms with Gasteiger partial charge in [0.15, 0.2) is 0 Å². The number of nitrogens with one attached hydrogen (secondary N) is 4. The summed E-state index contributed by atoms with van der Waals surface area (Å²) in [6.45, 7) is 1.49. The number of alkyl halides is 2. The monoisotopic (exact) mass is 938 g/mol. The van der Waals surface area contributed by atoms with Crippen molar-refractivity contribution in [1.29, 1.82) is 0 Å². The molecule has 17 heteroatoms. The average molecular weight is 939 g/mol. The van der Waals surface area contributed by atoms with Crippen molar-refractivity contribution in [2.24, 2.45) is 11.8 Å². The summed E-state index contributed by atoms with van der Waals surface area (Å²) in [6.07, 6.45) is 5.57. The molecule has 4 amide bonds. The van der Waals surface area contributed by atoms with E-state index in [1.54, 1.807) is 59.6 Å². The summed E-state index contributed by atoms with van der Waals surface area (Å²) in [5.41, 5.74) is 5.15. The first-order valence-corrected chi connectivity index (χ1v) is 23.7. The molecule has 11 rings (SSSR count). The second-order valence-corrected chi connectivity index (χ2v) is 18.8. The van der Waals surface area contributed by atoms with Gasteiger partial charge in [-0.05, 0) is 109 Å². The van der Waals surface area contributed by atoms with Gasteiger partial charge < -0.3 is 44.6 Å². The van der Waals surface area contributed by atoms with Gasteiger partial charge in [-0.2, -0.15) is 8.78 Å². The maximum atomic E-state index is 16.7. The summed E-state index contributed by atoms with van der Waals surface area (Å²) in [6, 6.07) is 22.4. The fraction of sp³-hybridized carbons (Fsp3) is 0.385. The summed E-state index contributed by atoms with van der Waals surface area (Å²) < 4.78 is 48.8. The van der Waals surface area contributed by atoms with Crippen LogP contribution in [0.2, 0.25) is 0 Å². The summed E-state index contributed by atoms with van der Waals surface area (Å²) >= 11 is 0. The largest absolute Gasteiger partial charge is 0.453 e. The Balaban J connectivity index is 0.830. The number of carbonyl (C=O) groups is 4. The number of piperidine rings is 1. The molecule has 2 aliphatic carbocycles. The molecule has 4 fully saturated rings. The molecule has 4 aromatic carbocycles. The lowest BCUT2D eigenvalue weighted by Gasteiger charge is -2.39. The van der Waals surface area contributed by atoms with Gasteiger partial charge in [0.25, 0.3) is 11.8 Å². The molecule has 0 spiro atoms. The maximum Gasteiger partial charge on any atom is 0.407 e. The summed E-state index contributed by atoms with van der Waals surface area (Å²) in [4.78, 5) is 73.4. The van der Waals surface area contributed by atoms with Crippen LogP contribution in [-0.4, -0.2) is 99.8 Å². The lowest BCUT2D eigenvalue weighted by atomic mass is 9.89. The number of imidazole rings is 2. The van der Waals surface area contributed by atoms with Crippen LogP contribution in [0.3, 0.4) is 0 Å². The Morgan fingerprint density at radius 2 is 1.48 bits per heavy atom. The van der Waals surface area contributed by atoms with Crippen molar-refractivity contribution in [1.82, 2.24) is 40.4 Å². The molecule has 3 saturated heterocycles. The Morgan fingerprint density at radius 3 is 2.23 bits per heavy atom. The third kappa shape index (κ3) is 7.85. The Bertz CT molecular complexity index is 2970. The molecule has 5 heterocycles. The van der Waals surface area contributed by atoms with Crippen LogP contribution in [0, 0.1) is 11.8 Å². The zero-order valence-corrected chi connectivity index (χ0v) is 38.2. The highest BCUT2D eigenvalue weighted by Gasteiger charge is 2.52. The van der Waals surface area contributed by atoms with Crippen LogP contribution in [0.15, 0.2) is 91.1 Å². The summed E-state index contributed by atoms with van der Waals surface area (Å²) in [5.74, 6) is -2.44.